The van der Waals surface area contributed by atoms with Gasteiger partial charge in [-0.1, -0.05) is 146 Å². The summed E-state index contributed by atoms with van der Waals surface area (Å²) >= 11 is 0. The molecule has 0 N–H and O–H groups in total. The molecule has 0 amide bonds. The minimum Gasteiger partial charge on any atom is -0.0620 e. The number of hydrogen-bond acceptors (Lipinski definition) is 0. The van der Waals surface area contributed by atoms with Crippen molar-refractivity contribution in [3.63, 3.8) is 0 Å². The van der Waals surface area contributed by atoms with Crippen molar-refractivity contribution in [1.29, 1.82) is 0 Å². The first kappa shape index (κ1) is 45.8. The van der Waals surface area contributed by atoms with Crippen molar-refractivity contribution < 1.29 is 19.5 Å². The molecule has 0 unspecified atom stereocenters. The largest absolute Gasteiger partial charge is 0.0964 e. The Balaban J connectivity index is 0.000000167. The van der Waals surface area contributed by atoms with Gasteiger partial charge in [-0.15, -0.1) is 0 Å². The SMILES string of the molecule is C[PH+](c1ccccc1)c1ccccc1.C[PH+](c1ccccc1)c1ccccc1.C[PH+](c1ccccc1)c1ccccc1.C[PH+](c1ccccc1)c1ccccc1.[Rh]. The second kappa shape index (κ2) is 26.2. The van der Waals surface area contributed by atoms with Crippen LogP contribution in [0.5, 0.6) is 0 Å². The topological polar surface area (TPSA) is 0 Å². The average Bonchev–Trinajstić information content (AvgIpc) is 3.31. The summed E-state index contributed by atoms with van der Waals surface area (Å²) in [6.45, 7) is 9.37. The minimum atomic E-state index is -0.545. The first-order valence-electron chi connectivity index (χ1n) is 19.3. The van der Waals surface area contributed by atoms with Gasteiger partial charge >= 0.3 is 0 Å². The summed E-state index contributed by atoms with van der Waals surface area (Å²) in [4.78, 5) is 0. The minimum absolute atomic E-state index is 0. The first-order valence-corrected chi connectivity index (χ1v) is 27.3. The Hall–Kier alpha value is -3.90. The van der Waals surface area contributed by atoms with Crippen LogP contribution in [0.3, 0.4) is 0 Å². The van der Waals surface area contributed by atoms with Crippen LogP contribution in [0.15, 0.2) is 243 Å². The van der Waals surface area contributed by atoms with Crippen LogP contribution in [0.1, 0.15) is 0 Å². The van der Waals surface area contributed by atoms with Gasteiger partial charge in [0.15, 0.2) is 0 Å². The molecule has 0 saturated heterocycles. The van der Waals surface area contributed by atoms with Crippen molar-refractivity contribution in [2.24, 2.45) is 0 Å². The zero-order valence-corrected chi connectivity index (χ0v) is 39.1. The summed E-state index contributed by atoms with van der Waals surface area (Å²) in [6, 6.07) is 86.0. The van der Waals surface area contributed by atoms with E-state index >= 15 is 0 Å². The zero-order valence-electron chi connectivity index (χ0n) is 33.4. The van der Waals surface area contributed by atoms with Gasteiger partial charge < -0.3 is 0 Å². The van der Waals surface area contributed by atoms with Crippen LogP contribution in [0.4, 0.5) is 0 Å². The van der Waals surface area contributed by atoms with E-state index in [9.17, 15) is 0 Å². The van der Waals surface area contributed by atoms with E-state index in [-0.39, 0.29) is 19.5 Å². The molecule has 0 aromatic heterocycles. The molecular weight excluding hydrogens is 851 g/mol. The quantitative estimate of drug-likeness (QED) is 0.105. The fourth-order valence-electron chi connectivity index (χ4n) is 6.17. The molecule has 8 aromatic carbocycles. The molecule has 1 radical (unpaired) electrons. The van der Waals surface area contributed by atoms with E-state index in [0.717, 1.165) is 0 Å². The molecule has 8 rings (SSSR count). The molecule has 0 spiro atoms. The second-order valence-corrected chi connectivity index (χ2v) is 23.0. The Morgan fingerprint density at radius 2 is 0.263 bits per heavy atom. The molecule has 0 atom stereocenters. The second-order valence-electron chi connectivity index (χ2n) is 13.4. The van der Waals surface area contributed by atoms with E-state index < -0.39 is 31.7 Å². The van der Waals surface area contributed by atoms with Crippen molar-refractivity contribution in [2.45, 2.75) is 0 Å². The molecule has 0 aliphatic heterocycles. The maximum absolute atomic E-state index is 2.34. The van der Waals surface area contributed by atoms with Crippen LogP contribution in [-0.4, -0.2) is 26.7 Å². The Labute approximate surface area is 360 Å². The van der Waals surface area contributed by atoms with Crippen LogP contribution in [0.25, 0.3) is 0 Å². The van der Waals surface area contributed by atoms with Crippen molar-refractivity contribution in [1.82, 2.24) is 0 Å². The van der Waals surface area contributed by atoms with E-state index in [0.29, 0.717) is 0 Å². The van der Waals surface area contributed by atoms with Gasteiger partial charge in [0.25, 0.3) is 0 Å². The van der Waals surface area contributed by atoms with Gasteiger partial charge in [-0.3, -0.25) is 0 Å². The molecule has 0 saturated carbocycles. The van der Waals surface area contributed by atoms with Crippen molar-refractivity contribution >= 4 is 74.1 Å². The standard InChI is InChI=1S/4C13H13P.Rh/c4*1-14(12-8-4-2-5-9-12)13-10-6-3-7-11-13;/h4*2-11H,1H3;/p+4. The molecule has 0 nitrogen and oxygen atoms in total. The number of rotatable bonds is 8. The Morgan fingerprint density at radius 3 is 0.351 bits per heavy atom. The molecule has 0 bridgehead atoms. The van der Waals surface area contributed by atoms with Crippen LogP contribution in [0, 0.1) is 0 Å². The average molecular weight is 908 g/mol. The Bertz CT molecular complexity index is 1700. The smallest absolute Gasteiger partial charge is 0.0620 e. The molecule has 0 aliphatic rings. The van der Waals surface area contributed by atoms with Crippen molar-refractivity contribution in [3.05, 3.63) is 243 Å². The summed E-state index contributed by atoms with van der Waals surface area (Å²) in [5, 5.41) is 11.8. The van der Waals surface area contributed by atoms with Crippen molar-refractivity contribution in [2.75, 3.05) is 26.7 Å². The Morgan fingerprint density at radius 1 is 0.175 bits per heavy atom. The third kappa shape index (κ3) is 15.4. The molecule has 8 aromatic rings. The van der Waals surface area contributed by atoms with E-state index in [1.54, 1.807) is 0 Å². The van der Waals surface area contributed by atoms with E-state index in [4.69, 9.17) is 0 Å². The predicted octanol–water partition coefficient (Wildman–Crippen LogP) is 9.92. The van der Waals surface area contributed by atoms with Gasteiger partial charge in [0, 0.05) is 19.5 Å². The van der Waals surface area contributed by atoms with Gasteiger partial charge in [-0.05, 0) is 97.1 Å². The van der Waals surface area contributed by atoms with Crippen LogP contribution < -0.4 is 42.4 Å². The summed E-state index contributed by atoms with van der Waals surface area (Å²) in [6.07, 6.45) is 0. The fraction of sp³-hybridized carbons (Fsp3) is 0.0769. The van der Waals surface area contributed by atoms with Gasteiger partial charge in [-0.25, -0.2) is 0 Å². The maximum Gasteiger partial charge on any atom is 0.0964 e. The maximum atomic E-state index is 2.34. The number of benzene rings is 8. The Kier molecular flexibility index (Phi) is 21.0. The van der Waals surface area contributed by atoms with Gasteiger partial charge in [0.1, 0.15) is 0 Å². The number of hydrogen-bond donors (Lipinski definition) is 0. The van der Waals surface area contributed by atoms with Crippen LogP contribution in [0.2, 0.25) is 0 Å². The van der Waals surface area contributed by atoms with E-state index in [1.165, 1.54) is 42.4 Å². The summed E-state index contributed by atoms with van der Waals surface area (Å²) in [5.74, 6) is 0. The van der Waals surface area contributed by atoms with E-state index in [1.807, 2.05) is 0 Å². The molecule has 0 aliphatic carbocycles. The first-order chi connectivity index (χ1) is 27.5. The molecule has 57 heavy (non-hydrogen) atoms. The summed E-state index contributed by atoms with van der Waals surface area (Å²) in [5.41, 5.74) is 0. The van der Waals surface area contributed by atoms with Crippen molar-refractivity contribution in [3.8, 4) is 0 Å². The predicted molar refractivity (Wildman–Crippen MR) is 266 cm³/mol. The zero-order chi connectivity index (χ0) is 39.2. The normalized spacial score (nSPS) is 10.2. The third-order valence-corrected chi connectivity index (χ3v) is 19.2. The van der Waals surface area contributed by atoms with Gasteiger partial charge in [-0.2, -0.15) is 0 Å². The van der Waals surface area contributed by atoms with Crippen LogP contribution >= 0.6 is 31.7 Å². The van der Waals surface area contributed by atoms with Crippen LogP contribution in [-0.2, 0) is 19.5 Å². The van der Waals surface area contributed by atoms with Gasteiger partial charge in [0.2, 0.25) is 0 Å². The summed E-state index contributed by atoms with van der Waals surface area (Å²) < 4.78 is 0. The summed E-state index contributed by atoms with van der Waals surface area (Å²) in [7, 11) is -2.18. The fourth-order valence-corrected chi connectivity index (χ4v) is 13.0. The molecule has 289 valence electrons. The molecule has 5 heteroatoms. The molecule has 0 fully saturated rings. The monoisotopic (exact) mass is 907 g/mol. The third-order valence-electron chi connectivity index (χ3n) is 9.65. The van der Waals surface area contributed by atoms with Gasteiger partial charge in [0.05, 0.1) is 101 Å². The molecular formula is C52H56P4Rh+4. The molecule has 0 heterocycles. The van der Waals surface area contributed by atoms with E-state index in [2.05, 4.69) is 269 Å².